The number of hydrogen-bond donors (Lipinski definition) is 1. The Morgan fingerprint density at radius 2 is 2.08 bits per heavy atom. The van der Waals surface area contributed by atoms with Crippen LogP contribution in [0.4, 0.5) is 0 Å². The number of H-pyrrole nitrogens is 1. The van der Waals surface area contributed by atoms with E-state index in [0.29, 0.717) is 13.2 Å². The largest absolute Gasteiger partial charge is 0.381 e. The lowest BCUT2D eigenvalue weighted by Gasteiger charge is -2.36. The topological polar surface area (TPSA) is 58.2 Å². The van der Waals surface area contributed by atoms with Crippen molar-refractivity contribution in [3.8, 4) is 11.3 Å². The van der Waals surface area contributed by atoms with Gasteiger partial charge < -0.3 is 14.6 Å². The number of piperidine rings is 1. The van der Waals surface area contributed by atoms with Crippen LogP contribution in [0.1, 0.15) is 43.1 Å². The van der Waals surface area contributed by atoms with Crippen LogP contribution in [0.15, 0.2) is 30.5 Å². The molecule has 25 heavy (non-hydrogen) atoms. The number of likely N-dealkylation sites (tertiary alicyclic amines) is 1. The molecule has 1 N–H and O–H groups in total. The highest BCUT2D eigenvalue weighted by atomic mass is 16.5. The molecule has 0 saturated carbocycles. The second-order valence-corrected chi connectivity index (χ2v) is 7.14. The Labute approximate surface area is 148 Å². The van der Waals surface area contributed by atoms with Crippen molar-refractivity contribution in [1.29, 1.82) is 0 Å². The van der Waals surface area contributed by atoms with Gasteiger partial charge in [-0.25, -0.2) is 4.98 Å². The molecule has 2 aromatic rings. The van der Waals surface area contributed by atoms with Gasteiger partial charge in [0.15, 0.2) is 0 Å². The minimum Gasteiger partial charge on any atom is -0.381 e. The van der Waals surface area contributed by atoms with Crippen LogP contribution in [0.2, 0.25) is 0 Å². The Bertz CT molecular complexity index is 732. The lowest BCUT2D eigenvalue weighted by atomic mass is 9.98. The summed E-state index contributed by atoms with van der Waals surface area (Å²) in [7, 11) is 0. The number of aryl methyl sites for hydroxylation is 1. The van der Waals surface area contributed by atoms with Crippen molar-refractivity contribution in [2.24, 2.45) is 5.92 Å². The standard InChI is InChI=1S/C20H25N3O2/c1-14-5-7-15(8-6-14)17-12-21-19(22-17)18-4-2-3-10-23(18)20(24)16-9-11-25-13-16/h5-8,12,16,18H,2-4,9-11,13H2,1H3,(H,21,22). The van der Waals surface area contributed by atoms with Gasteiger partial charge in [-0.05, 0) is 32.6 Å². The van der Waals surface area contributed by atoms with Gasteiger partial charge in [0.05, 0.1) is 24.3 Å². The number of aromatic amines is 1. The third-order valence-electron chi connectivity index (χ3n) is 5.33. The summed E-state index contributed by atoms with van der Waals surface area (Å²) < 4.78 is 5.41. The van der Waals surface area contributed by atoms with Crippen LogP contribution >= 0.6 is 0 Å². The molecular formula is C20H25N3O2. The summed E-state index contributed by atoms with van der Waals surface area (Å²) in [6.45, 7) is 4.17. The van der Waals surface area contributed by atoms with Crippen molar-refractivity contribution >= 4 is 5.91 Å². The second-order valence-electron chi connectivity index (χ2n) is 7.14. The first kappa shape index (κ1) is 16.3. The molecular weight excluding hydrogens is 314 g/mol. The molecule has 2 fully saturated rings. The predicted octanol–water partition coefficient (Wildman–Crippen LogP) is 3.48. The van der Waals surface area contributed by atoms with E-state index in [4.69, 9.17) is 9.72 Å². The number of rotatable bonds is 3. The van der Waals surface area contributed by atoms with Gasteiger partial charge in [-0.1, -0.05) is 29.8 Å². The second kappa shape index (κ2) is 7.00. The van der Waals surface area contributed by atoms with Crippen molar-refractivity contribution in [3.63, 3.8) is 0 Å². The summed E-state index contributed by atoms with van der Waals surface area (Å²) in [5.74, 6) is 1.16. The fourth-order valence-electron chi connectivity index (χ4n) is 3.82. The Hall–Kier alpha value is -2.14. The summed E-state index contributed by atoms with van der Waals surface area (Å²) in [4.78, 5) is 23.1. The highest BCUT2D eigenvalue weighted by molar-refractivity contribution is 5.79. The number of amides is 1. The van der Waals surface area contributed by atoms with Crippen LogP contribution in [-0.2, 0) is 9.53 Å². The van der Waals surface area contributed by atoms with Gasteiger partial charge in [0, 0.05) is 24.9 Å². The highest BCUT2D eigenvalue weighted by Crippen LogP contribution is 2.32. The van der Waals surface area contributed by atoms with E-state index in [1.54, 1.807) is 0 Å². The molecule has 2 aliphatic heterocycles. The van der Waals surface area contributed by atoms with E-state index in [1.165, 1.54) is 5.56 Å². The van der Waals surface area contributed by atoms with E-state index in [1.807, 2.05) is 11.1 Å². The summed E-state index contributed by atoms with van der Waals surface area (Å²) in [6.07, 6.45) is 5.97. The Morgan fingerprint density at radius 3 is 2.84 bits per heavy atom. The number of hydrogen-bond acceptors (Lipinski definition) is 3. The molecule has 5 nitrogen and oxygen atoms in total. The van der Waals surface area contributed by atoms with Gasteiger partial charge in [0.1, 0.15) is 5.82 Å². The summed E-state index contributed by atoms with van der Waals surface area (Å²) in [5.41, 5.74) is 3.28. The van der Waals surface area contributed by atoms with Gasteiger partial charge in [-0.15, -0.1) is 0 Å². The number of imidazole rings is 1. The van der Waals surface area contributed by atoms with Crippen LogP contribution in [0.3, 0.4) is 0 Å². The molecule has 5 heteroatoms. The summed E-state index contributed by atoms with van der Waals surface area (Å²) >= 11 is 0. The van der Waals surface area contributed by atoms with E-state index in [-0.39, 0.29) is 17.9 Å². The highest BCUT2D eigenvalue weighted by Gasteiger charge is 2.35. The molecule has 2 aliphatic rings. The number of carbonyl (C=O) groups excluding carboxylic acids is 1. The lowest BCUT2D eigenvalue weighted by Crippen LogP contribution is -2.42. The molecule has 2 unspecified atom stereocenters. The van der Waals surface area contributed by atoms with Gasteiger partial charge in [0.25, 0.3) is 0 Å². The third kappa shape index (κ3) is 3.33. The molecule has 1 aromatic carbocycles. The minimum atomic E-state index is 0.0205. The molecule has 1 aromatic heterocycles. The van der Waals surface area contributed by atoms with Crippen LogP contribution in [0, 0.1) is 12.8 Å². The van der Waals surface area contributed by atoms with Crippen LogP contribution in [0.5, 0.6) is 0 Å². The van der Waals surface area contributed by atoms with E-state index < -0.39 is 0 Å². The van der Waals surface area contributed by atoms with Gasteiger partial charge in [0.2, 0.25) is 5.91 Å². The third-order valence-corrected chi connectivity index (χ3v) is 5.33. The van der Waals surface area contributed by atoms with E-state index in [2.05, 4.69) is 36.2 Å². The van der Waals surface area contributed by atoms with E-state index >= 15 is 0 Å². The average molecular weight is 339 g/mol. The first-order valence-corrected chi connectivity index (χ1v) is 9.23. The normalized spacial score (nSPS) is 23.8. The van der Waals surface area contributed by atoms with Crippen LogP contribution in [-0.4, -0.2) is 40.5 Å². The number of aromatic nitrogens is 2. The Morgan fingerprint density at radius 1 is 1.24 bits per heavy atom. The molecule has 2 atom stereocenters. The fraction of sp³-hybridized carbons (Fsp3) is 0.500. The van der Waals surface area contributed by atoms with Crippen LogP contribution < -0.4 is 0 Å². The first-order chi connectivity index (χ1) is 12.2. The first-order valence-electron chi connectivity index (χ1n) is 9.23. The Kier molecular flexibility index (Phi) is 4.57. The number of nitrogens with one attached hydrogen (secondary N) is 1. The van der Waals surface area contributed by atoms with E-state index in [0.717, 1.165) is 49.3 Å². The van der Waals surface area contributed by atoms with Crippen molar-refractivity contribution in [2.45, 2.75) is 38.6 Å². The number of carbonyl (C=O) groups is 1. The fourth-order valence-corrected chi connectivity index (χ4v) is 3.82. The molecule has 3 heterocycles. The smallest absolute Gasteiger partial charge is 0.228 e. The molecule has 0 bridgehead atoms. The molecule has 1 amide bonds. The summed E-state index contributed by atoms with van der Waals surface area (Å²) in [6, 6.07) is 8.44. The van der Waals surface area contributed by atoms with Gasteiger partial charge >= 0.3 is 0 Å². The molecule has 0 spiro atoms. The SMILES string of the molecule is Cc1ccc(-c2c[nH]c(C3CCCCN3C(=O)C3CCOC3)n2)cc1. The molecule has 2 saturated heterocycles. The summed E-state index contributed by atoms with van der Waals surface area (Å²) in [5, 5.41) is 0. The lowest BCUT2D eigenvalue weighted by molar-refractivity contribution is -0.139. The van der Waals surface area contributed by atoms with Crippen molar-refractivity contribution in [3.05, 3.63) is 41.9 Å². The number of ether oxygens (including phenoxy) is 1. The zero-order chi connectivity index (χ0) is 17.2. The monoisotopic (exact) mass is 339 g/mol. The van der Waals surface area contributed by atoms with Crippen molar-refractivity contribution in [1.82, 2.24) is 14.9 Å². The maximum absolute atomic E-state index is 12.9. The van der Waals surface area contributed by atoms with Crippen molar-refractivity contribution in [2.75, 3.05) is 19.8 Å². The molecule has 0 radical (unpaired) electrons. The molecule has 0 aliphatic carbocycles. The zero-order valence-electron chi connectivity index (χ0n) is 14.7. The van der Waals surface area contributed by atoms with Crippen LogP contribution in [0.25, 0.3) is 11.3 Å². The van der Waals surface area contributed by atoms with Gasteiger partial charge in [-0.2, -0.15) is 0 Å². The van der Waals surface area contributed by atoms with Crippen molar-refractivity contribution < 1.29 is 9.53 Å². The molecule has 4 rings (SSSR count). The van der Waals surface area contributed by atoms with E-state index in [9.17, 15) is 4.79 Å². The predicted molar refractivity (Wildman–Crippen MR) is 96.0 cm³/mol. The Balaban J connectivity index is 1.56. The molecule has 132 valence electrons. The number of benzene rings is 1. The zero-order valence-corrected chi connectivity index (χ0v) is 14.7. The number of nitrogens with zero attached hydrogens (tertiary/aromatic N) is 2. The average Bonchev–Trinajstić information content (AvgIpc) is 3.34. The maximum Gasteiger partial charge on any atom is 0.228 e. The quantitative estimate of drug-likeness (QED) is 0.931. The van der Waals surface area contributed by atoms with Gasteiger partial charge in [-0.3, -0.25) is 4.79 Å². The minimum absolute atomic E-state index is 0.0205. The maximum atomic E-state index is 12.9.